The maximum Gasteiger partial charge on any atom is 0.156 e. The lowest BCUT2D eigenvalue weighted by Gasteiger charge is -2.28. The number of hydrogen-bond donors (Lipinski definition) is 1. The van der Waals surface area contributed by atoms with E-state index in [2.05, 4.69) is 29.6 Å². The lowest BCUT2D eigenvalue weighted by molar-refractivity contribution is 0.502. The van der Waals surface area contributed by atoms with Gasteiger partial charge in [0, 0.05) is 12.6 Å². The summed E-state index contributed by atoms with van der Waals surface area (Å²) >= 11 is 0. The van der Waals surface area contributed by atoms with Crippen molar-refractivity contribution in [3.63, 3.8) is 0 Å². The van der Waals surface area contributed by atoms with Gasteiger partial charge < -0.3 is 5.32 Å². The number of nitrogens with one attached hydrogen (secondary N) is 1. The number of rotatable bonds is 2. The zero-order valence-electron chi connectivity index (χ0n) is 12.0. The summed E-state index contributed by atoms with van der Waals surface area (Å²) in [6.45, 7) is 2.28. The van der Waals surface area contributed by atoms with Crippen LogP contribution in [0.5, 0.6) is 0 Å². The first-order valence-corrected chi connectivity index (χ1v) is 8.88. The fraction of sp³-hybridized carbons (Fsp3) is 0.294. The maximum absolute atomic E-state index is 12.0. The first kappa shape index (κ1) is 14.3. The predicted octanol–water partition coefficient (Wildman–Crippen LogP) is 2.80. The first-order chi connectivity index (χ1) is 10.1. The summed E-state index contributed by atoms with van der Waals surface area (Å²) in [5.74, 6) is 0.179. The van der Waals surface area contributed by atoms with Crippen molar-refractivity contribution in [3.8, 4) is 11.1 Å². The molecule has 0 saturated carbocycles. The van der Waals surface area contributed by atoms with Crippen LogP contribution in [-0.4, -0.2) is 26.0 Å². The molecule has 110 valence electrons. The molecule has 1 saturated heterocycles. The Morgan fingerprint density at radius 1 is 0.952 bits per heavy atom. The molecular formula is C17H19NO2S. The van der Waals surface area contributed by atoms with Crippen LogP contribution < -0.4 is 5.32 Å². The normalized spacial score (nSPS) is 24.6. The van der Waals surface area contributed by atoms with E-state index in [0.29, 0.717) is 6.54 Å². The SMILES string of the molecule is CC1CNC(c2ccc(-c3ccccc3)cc2)CS1(=O)=O. The first-order valence-electron chi connectivity index (χ1n) is 7.16. The van der Waals surface area contributed by atoms with Gasteiger partial charge in [0.05, 0.1) is 11.0 Å². The molecule has 3 rings (SSSR count). The van der Waals surface area contributed by atoms with Gasteiger partial charge in [0.25, 0.3) is 0 Å². The Hall–Kier alpha value is -1.65. The molecule has 4 heteroatoms. The molecule has 3 nitrogen and oxygen atoms in total. The van der Waals surface area contributed by atoms with Crippen LogP contribution >= 0.6 is 0 Å². The van der Waals surface area contributed by atoms with Gasteiger partial charge in [0.2, 0.25) is 0 Å². The van der Waals surface area contributed by atoms with Crippen LogP contribution in [0.1, 0.15) is 18.5 Å². The molecule has 0 aromatic heterocycles. The van der Waals surface area contributed by atoms with Crippen molar-refractivity contribution < 1.29 is 8.42 Å². The van der Waals surface area contributed by atoms with Gasteiger partial charge in [0.1, 0.15) is 0 Å². The third-order valence-corrected chi connectivity index (χ3v) is 6.27. The molecule has 0 bridgehead atoms. The van der Waals surface area contributed by atoms with E-state index in [1.54, 1.807) is 6.92 Å². The van der Waals surface area contributed by atoms with Crippen molar-refractivity contribution in [1.82, 2.24) is 5.32 Å². The van der Waals surface area contributed by atoms with Gasteiger partial charge in [-0.2, -0.15) is 0 Å². The van der Waals surface area contributed by atoms with Crippen molar-refractivity contribution in [2.45, 2.75) is 18.2 Å². The van der Waals surface area contributed by atoms with Gasteiger partial charge in [-0.1, -0.05) is 54.6 Å². The van der Waals surface area contributed by atoms with Gasteiger partial charge in [-0.25, -0.2) is 8.42 Å². The van der Waals surface area contributed by atoms with E-state index in [1.165, 1.54) is 5.56 Å². The molecule has 0 amide bonds. The van der Waals surface area contributed by atoms with Crippen LogP contribution in [-0.2, 0) is 9.84 Å². The highest BCUT2D eigenvalue weighted by Gasteiger charge is 2.31. The van der Waals surface area contributed by atoms with Gasteiger partial charge in [-0.3, -0.25) is 0 Å². The number of benzene rings is 2. The summed E-state index contributed by atoms with van der Waals surface area (Å²) in [6, 6.07) is 18.2. The molecule has 21 heavy (non-hydrogen) atoms. The molecule has 0 spiro atoms. The Bertz CT molecular complexity index is 708. The summed E-state index contributed by atoms with van der Waals surface area (Å²) < 4.78 is 24.0. The molecule has 1 aliphatic heterocycles. The molecule has 2 atom stereocenters. The molecule has 1 N–H and O–H groups in total. The summed E-state index contributed by atoms with van der Waals surface area (Å²) in [5, 5.41) is 3.03. The van der Waals surface area contributed by atoms with E-state index in [1.807, 2.05) is 30.3 Å². The zero-order valence-corrected chi connectivity index (χ0v) is 12.8. The smallest absolute Gasteiger partial charge is 0.156 e. The minimum atomic E-state index is -2.98. The average Bonchev–Trinajstić information content (AvgIpc) is 2.51. The second-order valence-electron chi connectivity index (χ2n) is 5.59. The van der Waals surface area contributed by atoms with E-state index in [0.717, 1.165) is 11.1 Å². The van der Waals surface area contributed by atoms with Crippen molar-refractivity contribution >= 4 is 9.84 Å². The topological polar surface area (TPSA) is 46.2 Å². The standard InChI is InChI=1S/C17H19NO2S/c1-13-11-18-17(12-21(13,19)20)16-9-7-15(8-10-16)14-5-3-2-4-6-14/h2-10,13,17-18H,11-12H2,1H3. The van der Waals surface area contributed by atoms with Crippen LogP contribution in [0.4, 0.5) is 0 Å². The fourth-order valence-corrected chi connectivity index (χ4v) is 4.10. The van der Waals surface area contributed by atoms with Crippen LogP contribution in [0.15, 0.2) is 54.6 Å². The quantitative estimate of drug-likeness (QED) is 0.928. The van der Waals surface area contributed by atoms with Crippen LogP contribution in [0.3, 0.4) is 0 Å². The molecule has 0 aliphatic carbocycles. The monoisotopic (exact) mass is 301 g/mol. The van der Waals surface area contributed by atoms with E-state index < -0.39 is 9.84 Å². The minimum absolute atomic E-state index is 0.101. The van der Waals surface area contributed by atoms with Gasteiger partial charge >= 0.3 is 0 Å². The summed E-state index contributed by atoms with van der Waals surface area (Å²) in [7, 11) is -2.98. The van der Waals surface area contributed by atoms with Gasteiger partial charge in [-0.05, 0) is 23.6 Å². The lowest BCUT2D eigenvalue weighted by Crippen LogP contribution is -2.44. The number of sulfone groups is 1. The fourth-order valence-electron chi connectivity index (χ4n) is 2.64. The van der Waals surface area contributed by atoms with Crippen LogP contribution in [0, 0.1) is 0 Å². The highest BCUT2D eigenvalue weighted by atomic mass is 32.2. The Balaban J connectivity index is 1.82. The van der Waals surface area contributed by atoms with Crippen molar-refractivity contribution in [2.75, 3.05) is 12.3 Å². The molecule has 1 heterocycles. The molecule has 1 fully saturated rings. The molecule has 2 unspecified atom stereocenters. The second kappa shape index (κ2) is 5.62. The van der Waals surface area contributed by atoms with E-state index in [9.17, 15) is 8.42 Å². The Morgan fingerprint density at radius 2 is 1.57 bits per heavy atom. The molecule has 2 aromatic carbocycles. The largest absolute Gasteiger partial charge is 0.308 e. The zero-order chi connectivity index (χ0) is 14.9. The Kier molecular flexibility index (Phi) is 3.83. The second-order valence-corrected chi connectivity index (χ2v) is 8.05. The lowest BCUT2D eigenvalue weighted by atomic mass is 10.0. The molecule has 2 aromatic rings. The average molecular weight is 301 g/mol. The third kappa shape index (κ3) is 3.01. The number of hydrogen-bond acceptors (Lipinski definition) is 3. The Morgan fingerprint density at radius 3 is 2.19 bits per heavy atom. The highest BCUT2D eigenvalue weighted by Crippen LogP contribution is 2.25. The highest BCUT2D eigenvalue weighted by molar-refractivity contribution is 7.92. The van der Waals surface area contributed by atoms with Crippen molar-refractivity contribution in [3.05, 3.63) is 60.2 Å². The minimum Gasteiger partial charge on any atom is -0.308 e. The van der Waals surface area contributed by atoms with Crippen molar-refractivity contribution in [1.29, 1.82) is 0 Å². The van der Waals surface area contributed by atoms with Crippen LogP contribution in [0.2, 0.25) is 0 Å². The summed E-state index contributed by atoms with van der Waals surface area (Å²) in [4.78, 5) is 0. The van der Waals surface area contributed by atoms with Gasteiger partial charge in [-0.15, -0.1) is 0 Å². The molecule has 0 radical (unpaired) electrons. The molecular weight excluding hydrogens is 282 g/mol. The molecule has 1 aliphatic rings. The maximum atomic E-state index is 12.0. The van der Waals surface area contributed by atoms with E-state index in [4.69, 9.17) is 0 Å². The summed E-state index contributed by atoms with van der Waals surface area (Å²) in [6.07, 6.45) is 0. The van der Waals surface area contributed by atoms with E-state index >= 15 is 0 Å². The van der Waals surface area contributed by atoms with Crippen molar-refractivity contribution in [2.24, 2.45) is 0 Å². The Labute approximate surface area is 125 Å². The van der Waals surface area contributed by atoms with Crippen LogP contribution in [0.25, 0.3) is 11.1 Å². The van der Waals surface area contributed by atoms with E-state index in [-0.39, 0.29) is 17.0 Å². The van der Waals surface area contributed by atoms with Gasteiger partial charge in [0.15, 0.2) is 9.84 Å². The predicted molar refractivity (Wildman–Crippen MR) is 85.9 cm³/mol. The third-order valence-electron chi connectivity index (χ3n) is 4.08. The summed E-state index contributed by atoms with van der Waals surface area (Å²) in [5.41, 5.74) is 3.35.